The third-order valence-corrected chi connectivity index (χ3v) is 4.21. The Labute approximate surface area is 161 Å². The number of amides is 1. The number of nitrogens with zero attached hydrogens (tertiary/aromatic N) is 3. The molecule has 0 aliphatic carbocycles. The molecule has 1 saturated heterocycles. The number of carbonyl (C=O) groups is 1. The monoisotopic (exact) mass is 458 g/mol. The van der Waals surface area contributed by atoms with Crippen molar-refractivity contribution in [2.45, 2.75) is 13.3 Å². The van der Waals surface area contributed by atoms with Crippen LogP contribution in [-0.2, 0) is 9.53 Å². The van der Waals surface area contributed by atoms with Crippen LogP contribution in [0.1, 0.15) is 13.3 Å². The standard InChI is InChI=1S/C15H30N4O2S.HI/c1-5-21-12-13-6-8-19(11-13)15(16-7-9-22-4)17-10-14(20)18(2)3;/h13H,5-12H2,1-4H3,(H,16,17);1H. The van der Waals surface area contributed by atoms with E-state index in [0.717, 1.165) is 51.0 Å². The van der Waals surface area contributed by atoms with Gasteiger partial charge in [0.1, 0.15) is 6.54 Å². The number of nitrogens with one attached hydrogen (secondary N) is 1. The zero-order valence-electron chi connectivity index (χ0n) is 14.7. The van der Waals surface area contributed by atoms with Crippen molar-refractivity contribution in [3.8, 4) is 0 Å². The van der Waals surface area contributed by atoms with Gasteiger partial charge in [0.05, 0.1) is 6.61 Å². The van der Waals surface area contributed by atoms with E-state index in [4.69, 9.17) is 4.74 Å². The summed E-state index contributed by atoms with van der Waals surface area (Å²) in [5.41, 5.74) is 0. The Balaban J connectivity index is 0.00000484. The van der Waals surface area contributed by atoms with E-state index < -0.39 is 0 Å². The molecule has 0 saturated carbocycles. The minimum atomic E-state index is 0. The van der Waals surface area contributed by atoms with Crippen LogP contribution in [-0.4, -0.2) is 87.2 Å². The highest BCUT2D eigenvalue weighted by Crippen LogP contribution is 2.16. The van der Waals surface area contributed by atoms with Gasteiger partial charge in [-0.1, -0.05) is 0 Å². The highest BCUT2D eigenvalue weighted by molar-refractivity contribution is 14.0. The lowest BCUT2D eigenvalue weighted by Gasteiger charge is -2.22. The second-order valence-electron chi connectivity index (χ2n) is 5.61. The summed E-state index contributed by atoms with van der Waals surface area (Å²) in [6, 6.07) is 0. The van der Waals surface area contributed by atoms with Crippen molar-refractivity contribution in [1.82, 2.24) is 15.1 Å². The van der Waals surface area contributed by atoms with Gasteiger partial charge in [-0.25, -0.2) is 4.99 Å². The van der Waals surface area contributed by atoms with Crippen LogP contribution in [0.3, 0.4) is 0 Å². The number of guanidine groups is 1. The first-order valence-corrected chi connectivity index (χ1v) is 9.28. The molecule has 1 atom stereocenters. The highest BCUT2D eigenvalue weighted by Gasteiger charge is 2.25. The maximum Gasteiger partial charge on any atom is 0.243 e. The van der Waals surface area contributed by atoms with Gasteiger partial charge in [-0.2, -0.15) is 11.8 Å². The molecule has 1 heterocycles. The Kier molecular flexibility index (Phi) is 13.0. The second kappa shape index (κ2) is 13.1. The first-order valence-electron chi connectivity index (χ1n) is 7.88. The fourth-order valence-corrected chi connectivity index (χ4v) is 2.57. The average molecular weight is 458 g/mol. The zero-order chi connectivity index (χ0) is 16.4. The SMILES string of the molecule is CCOCC1CCN(C(=NCC(=O)N(C)C)NCCSC)C1.I. The van der Waals surface area contributed by atoms with E-state index in [1.54, 1.807) is 30.8 Å². The molecule has 0 spiro atoms. The van der Waals surface area contributed by atoms with Crippen molar-refractivity contribution in [2.24, 2.45) is 10.9 Å². The van der Waals surface area contributed by atoms with Crippen LogP contribution < -0.4 is 5.32 Å². The fraction of sp³-hybridized carbons (Fsp3) is 0.867. The molecule has 1 rings (SSSR count). The van der Waals surface area contributed by atoms with Crippen molar-refractivity contribution in [3.05, 3.63) is 0 Å². The first-order chi connectivity index (χ1) is 10.6. The van der Waals surface area contributed by atoms with Gasteiger partial charge in [0.25, 0.3) is 0 Å². The molecule has 1 fully saturated rings. The minimum absolute atomic E-state index is 0. The normalized spacial score (nSPS) is 17.8. The summed E-state index contributed by atoms with van der Waals surface area (Å²) in [6.45, 7) is 6.57. The molecule has 8 heteroatoms. The maximum atomic E-state index is 11.7. The van der Waals surface area contributed by atoms with Gasteiger partial charge in [-0.15, -0.1) is 24.0 Å². The average Bonchev–Trinajstić information content (AvgIpc) is 2.96. The van der Waals surface area contributed by atoms with Gasteiger partial charge in [0, 0.05) is 52.0 Å². The van der Waals surface area contributed by atoms with Gasteiger partial charge in [0.2, 0.25) is 5.91 Å². The Morgan fingerprint density at radius 2 is 2.22 bits per heavy atom. The molecular formula is C15H31IN4O2S. The number of carbonyl (C=O) groups excluding carboxylic acids is 1. The van der Waals surface area contributed by atoms with Crippen molar-refractivity contribution in [3.63, 3.8) is 0 Å². The van der Waals surface area contributed by atoms with Crippen LogP contribution in [0.25, 0.3) is 0 Å². The minimum Gasteiger partial charge on any atom is -0.381 e. The third-order valence-electron chi connectivity index (χ3n) is 3.60. The molecule has 6 nitrogen and oxygen atoms in total. The Bertz CT molecular complexity index is 369. The Morgan fingerprint density at radius 3 is 2.83 bits per heavy atom. The number of likely N-dealkylation sites (N-methyl/N-ethyl adjacent to an activating group) is 1. The van der Waals surface area contributed by atoms with E-state index in [1.807, 2.05) is 6.92 Å². The van der Waals surface area contributed by atoms with Gasteiger partial charge in [-0.3, -0.25) is 4.79 Å². The lowest BCUT2D eigenvalue weighted by Crippen LogP contribution is -2.42. The summed E-state index contributed by atoms with van der Waals surface area (Å²) >= 11 is 1.80. The number of thioether (sulfide) groups is 1. The summed E-state index contributed by atoms with van der Waals surface area (Å²) < 4.78 is 5.52. The van der Waals surface area contributed by atoms with Crippen LogP contribution in [0.5, 0.6) is 0 Å². The maximum absolute atomic E-state index is 11.7. The molecule has 1 aliphatic rings. The van der Waals surface area contributed by atoms with Gasteiger partial charge in [-0.05, 0) is 19.6 Å². The Hall–Kier alpha value is -0.220. The Morgan fingerprint density at radius 1 is 1.48 bits per heavy atom. The molecule has 136 valence electrons. The molecule has 0 aromatic rings. The first kappa shape index (κ1) is 22.8. The molecular weight excluding hydrogens is 427 g/mol. The van der Waals surface area contributed by atoms with Crippen molar-refractivity contribution < 1.29 is 9.53 Å². The largest absolute Gasteiger partial charge is 0.381 e. The summed E-state index contributed by atoms with van der Waals surface area (Å²) in [7, 11) is 3.51. The van der Waals surface area contributed by atoms with E-state index in [2.05, 4.69) is 21.5 Å². The molecule has 1 amide bonds. The van der Waals surface area contributed by atoms with E-state index in [1.165, 1.54) is 0 Å². The van der Waals surface area contributed by atoms with Crippen molar-refractivity contribution >= 4 is 47.6 Å². The number of hydrogen-bond acceptors (Lipinski definition) is 4. The third kappa shape index (κ3) is 8.99. The highest BCUT2D eigenvalue weighted by atomic mass is 127. The van der Waals surface area contributed by atoms with Crippen LogP contribution in [0.2, 0.25) is 0 Å². The molecule has 1 N–H and O–H groups in total. The smallest absolute Gasteiger partial charge is 0.243 e. The predicted molar refractivity (Wildman–Crippen MR) is 109 cm³/mol. The molecule has 1 aliphatic heterocycles. The van der Waals surface area contributed by atoms with Gasteiger partial charge >= 0.3 is 0 Å². The number of halogens is 1. The second-order valence-corrected chi connectivity index (χ2v) is 6.59. The molecule has 1 unspecified atom stereocenters. The summed E-state index contributed by atoms with van der Waals surface area (Å²) in [5, 5.41) is 3.38. The van der Waals surface area contributed by atoms with Gasteiger partial charge in [0.15, 0.2) is 5.96 Å². The predicted octanol–water partition coefficient (Wildman–Crippen LogP) is 1.36. The van der Waals surface area contributed by atoms with E-state index in [9.17, 15) is 4.79 Å². The zero-order valence-corrected chi connectivity index (χ0v) is 17.9. The molecule has 0 aromatic carbocycles. The molecule has 0 aromatic heterocycles. The summed E-state index contributed by atoms with van der Waals surface area (Å²) in [4.78, 5) is 20.1. The van der Waals surface area contributed by atoms with Crippen LogP contribution in [0, 0.1) is 5.92 Å². The lowest BCUT2D eigenvalue weighted by atomic mass is 10.1. The number of likely N-dealkylation sites (tertiary alicyclic amines) is 1. The quantitative estimate of drug-likeness (QED) is 0.258. The number of rotatable bonds is 8. The lowest BCUT2D eigenvalue weighted by molar-refractivity contribution is -0.127. The van der Waals surface area contributed by atoms with Crippen LogP contribution >= 0.6 is 35.7 Å². The van der Waals surface area contributed by atoms with E-state index in [-0.39, 0.29) is 36.4 Å². The topological polar surface area (TPSA) is 57.2 Å². The number of hydrogen-bond donors (Lipinski definition) is 1. The van der Waals surface area contributed by atoms with Crippen molar-refractivity contribution in [2.75, 3.05) is 65.5 Å². The molecule has 23 heavy (non-hydrogen) atoms. The van der Waals surface area contributed by atoms with Crippen LogP contribution in [0.4, 0.5) is 0 Å². The summed E-state index contributed by atoms with van der Waals surface area (Å²) in [6.07, 6.45) is 3.20. The number of ether oxygens (including phenoxy) is 1. The number of aliphatic imine (C=N–C) groups is 1. The van der Waals surface area contributed by atoms with Crippen molar-refractivity contribution in [1.29, 1.82) is 0 Å². The fourth-order valence-electron chi connectivity index (χ4n) is 2.26. The van der Waals surface area contributed by atoms with Gasteiger partial charge < -0.3 is 19.9 Å². The van der Waals surface area contributed by atoms with E-state index in [0.29, 0.717) is 5.92 Å². The molecule has 0 radical (unpaired) electrons. The summed E-state index contributed by atoms with van der Waals surface area (Å²) in [5.74, 6) is 2.45. The van der Waals surface area contributed by atoms with Crippen LogP contribution in [0.15, 0.2) is 4.99 Å². The van der Waals surface area contributed by atoms with E-state index >= 15 is 0 Å². The molecule has 0 bridgehead atoms.